The lowest BCUT2D eigenvalue weighted by Crippen LogP contribution is -2.21. The Morgan fingerprint density at radius 1 is 0.639 bits per heavy atom. The van der Waals surface area contributed by atoms with E-state index >= 15 is 0 Å². The van der Waals surface area contributed by atoms with Crippen LogP contribution in [-0.4, -0.2) is 48.8 Å². The molecule has 36 heavy (non-hydrogen) atoms. The Hall–Kier alpha value is -3.22. The first-order valence-corrected chi connectivity index (χ1v) is 12.8. The zero-order valence-corrected chi connectivity index (χ0v) is 22.6. The average molecular weight is 527 g/mol. The van der Waals surface area contributed by atoms with Gasteiger partial charge in [-0.05, 0) is 64.1 Å². The van der Waals surface area contributed by atoms with E-state index in [4.69, 9.17) is 23.2 Å². The van der Waals surface area contributed by atoms with Crippen molar-refractivity contribution < 1.29 is 10.2 Å². The predicted octanol–water partition coefficient (Wildman–Crippen LogP) is 7.60. The van der Waals surface area contributed by atoms with Crippen LogP contribution in [0, 0.1) is 0 Å². The molecule has 0 bridgehead atoms. The zero-order valence-electron chi connectivity index (χ0n) is 21.0. The third-order valence-electron chi connectivity index (χ3n) is 5.99. The molecule has 0 spiro atoms. The van der Waals surface area contributed by atoms with Gasteiger partial charge in [0.05, 0.1) is 21.4 Å². The molecule has 0 aliphatic heterocycles. The summed E-state index contributed by atoms with van der Waals surface area (Å²) >= 11 is 12.5. The second-order valence-corrected chi connectivity index (χ2v) is 8.92. The fraction of sp³-hybridized carbons (Fsp3) is 0.286. The predicted molar refractivity (Wildman–Crippen MR) is 154 cm³/mol. The molecule has 190 valence electrons. The highest BCUT2D eigenvalue weighted by molar-refractivity contribution is 6.42. The highest BCUT2D eigenvalue weighted by Crippen LogP contribution is 2.37. The van der Waals surface area contributed by atoms with Crippen LogP contribution < -0.4 is 9.80 Å². The Balaban J connectivity index is 1.91. The van der Waals surface area contributed by atoms with Crippen LogP contribution in [0.5, 0.6) is 11.5 Å². The molecule has 0 atom stereocenters. The third-order valence-corrected chi connectivity index (χ3v) is 6.71. The maximum absolute atomic E-state index is 10.5. The number of halogens is 2. The number of nitrogens with zero attached hydrogens (tertiary/aromatic N) is 4. The molecule has 0 fully saturated rings. The van der Waals surface area contributed by atoms with Crippen molar-refractivity contribution >= 4 is 58.4 Å². The Bertz CT molecular complexity index is 1160. The number of aromatic hydroxyl groups is 2. The van der Waals surface area contributed by atoms with Crippen LogP contribution in [0.25, 0.3) is 0 Å². The second-order valence-electron chi connectivity index (χ2n) is 8.10. The summed E-state index contributed by atoms with van der Waals surface area (Å²) in [5, 5.41) is 21.7. The van der Waals surface area contributed by atoms with Crippen molar-refractivity contribution in [3.8, 4) is 11.5 Å². The topological polar surface area (TPSA) is 71.7 Å². The SMILES string of the molecule is CCN(CC)c1ccc(C=Nc2cc(Cl)c(Cl)cc2N=Cc2ccc(N(CC)CC)cc2O)c(O)c1. The molecule has 0 aromatic heterocycles. The van der Waals surface area contributed by atoms with E-state index in [1.165, 1.54) is 0 Å². The standard InChI is InChI=1S/C28H32Cl2N4O2/c1-5-33(6-2)21-11-9-19(27(35)13-21)17-31-25-15-23(29)24(30)16-26(25)32-18-20-10-12-22(14-28(20)36)34(7-3)8-4/h9-18,35-36H,5-8H2,1-4H3. The molecule has 3 rings (SSSR count). The highest BCUT2D eigenvalue weighted by atomic mass is 35.5. The van der Waals surface area contributed by atoms with Crippen LogP contribution in [0.15, 0.2) is 58.5 Å². The summed E-state index contributed by atoms with van der Waals surface area (Å²) in [7, 11) is 0. The van der Waals surface area contributed by atoms with Gasteiger partial charge in [0, 0.05) is 73.2 Å². The Labute approximate surface area is 223 Å². The van der Waals surface area contributed by atoms with Gasteiger partial charge in [0.1, 0.15) is 11.5 Å². The average Bonchev–Trinajstić information content (AvgIpc) is 2.86. The minimum Gasteiger partial charge on any atom is -0.507 e. The minimum atomic E-state index is 0.131. The van der Waals surface area contributed by atoms with Crippen LogP contribution in [0.1, 0.15) is 38.8 Å². The summed E-state index contributed by atoms with van der Waals surface area (Å²) < 4.78 is 0. The van der Waals surface area contributed by atoms with E-state index in [2.05, 4.69) is 47.5 Å². The molecule has 0 amide bonds. The second kappa shape index (κ2) is 12.7. The van der Waals surface area contributed by atoms with E-state index in [9.17, 15) is 10.2 Å². The van der Waals surface area contributed by atoms with Crippen molar-refractivity contribution in [2.45, 2.75) is 27.7 Å². The van der Waals surface area contributed by atoms with Gasteiger partial charge >= 0.3 is 0 Å². The van der Waals surface area contributed by atoms with E-state index in [-0.39, 0.29) is 11.5 Å². The lowest BCUT2D eigenvalue weighted by atomic mass is 10.1. The number of hydrogen-bond donors (Lipinski definition) is 2. The molecule has 3 aromatic carbocycles. The number of anilines is 2. The molecule has 0 aliphatic rings. The Kier molecular flexibility index (Phi) is 9.62. The summed E-state index contributed by atoms with van der Waals surface area (Å²) in [6, 6.07) is 14.2. The van der Waals surface area contributed by atoms with Crippen molar-refractivity contribution in [2.24, 2.45) is 9.98 Å². The largest absolute Gasteiger partial charge is 0.507 e. The molecule has 0 unspecified atom stereocenters. The van der Waals surface area contributed by atoms with Crippen LogP contribution >= 0.6 is 23.2 Å². The molecule has 0 aliphatic carbocycles. The molecule has 8 heteroatoms. The lowest BCUT2D eigenvalue weighted by Gasteiger charge is -2.21. The smallest absolute Gasteiger partial charge is 0.126 e. The van der Waals surface area contributed by atoms with Gasteiger partial charge in [-0.25, -0.2) is 0 Å². The van der Waals surface area contributed by atoms with Gasteiger partial charge in [0.25, 0.3) is 0 Å². The maximum Gasteiger partial charge on any atom is 0.126 e. The number of phenolic OH excluding ortho intramolecular Hbond substituents is 2. The zero-order chi connectivity index (χ0) is 26.2. The first-order chi connectivity index (χ1) is 17.3. The number of rotatable bonds is 10. The number of phenols is 2. The number of benzene rings is 3. The third kappa shape index (κ3) is 6.50. The molecule has 6 nitrogen and oxygen atoms in total. The Morgan fingerprint density at radius 3 is 1.31 bits per heavy atom. The van der Waals surface area contributed by atoms with Crippen molar-refractivity contribution in [3.63, 3.8) is 0 Å². The van der Waals surface area contributed by atoms with Gasteiger partial charge in [0.2, 0.25) is 0 Å². The molecule has 0 saturated carbocycles. The first-order valence-electron chi connectivity index (χ1n) is 12.0. The lowest BCUT2D eigenvalue weighted by molar-refractivity contribution is 0.474. The van der Waals surface area contributed by atoms with E-state index in [1.54, 1.807) is 36.7 Å². The summed E-state index contributed by atoms with van der Waals surface area (Å²) in [4.78, 5) is 13.3. The monoisotopic (exact) mass is 526 g/mol. The number of aliphatic imine (C=N–C) groups is 2. The van der Waals surface area contributed by atoms with Gasteiger partial charge in [-0.15, -0.1) is 0 Å². The Morgan fingerprint density at radius 2 is 1.00 bits per heavy atom. The van der Waals surface area contributed by atoms with E-state index in [0.29, 0.717) is 32.5 Å². The van der Waals surface area contributed by atoms with E-state index in [0.717, 1.165) is 37.6 Å². The quantitative estimate of drug-likeness (QED) is 0.267. The normalized spacial score (nSPS) is 11.5. The molecular weight excluding hydrogens is 495 g/mol. The molecule has 0 saturated heterocycles. The van der Waals surface area contributed by atoms with Crippen molar-refractivity contribution in [1.82, 2.24) is 0 Å². The van der Waals surface area contributed by atoms with Crippen LogP contribution in [-0.2, 0) is 0 Å². The molecular formula is C28H32Cl2N4O2. The summed E-state index contributed by atoms with van der Waals surface area (Å²) in [5.74, 6) is 0.262. The minimum absolute atomic E-state index is 0.131. The van der Waals surface area contributed by atoms with E-state index < -0.39 is 0 Å². The van der Waals surface area contributed by atoms with Crippen molar-refractivity contribution in [3.05, 3.63) is 69.7 Å². The number of hydrogen-bond acceptors (Lipinski definition) is 6. The van der Waals surface area contributed by atoms with Gasteiger partial charge in [-0.3, -0.25) is 9.98 Å². The van der Waals surface area contributed by atoms with Crippen molar-refractivity contribution in [1.29, 1.82) is 0 Å². The maximum atomic E-state index is 10.5. The van der Waals surface area contributed by atoms with E-state index in [1.807, 2.05) is 24.3 Å². The summed E-state index contributed by atoms with van der Waals surface area (Å²) in [6.07, 6.45) is 3.13. The van der Waals surface area contributed by atoms with Crippen molar-refractivity contribution in [2.75, 3.05) is 36.0 Å². The molecule has 0 heterocycles. The van der Waals surface area contributed by atoms with Crippen LogP contribution in [0.3, 0.4) is 0 Å². The molecule has 2 N–H and O–H groups in total. The summed E-state index contributed by atoms with van der Waals surface area (Å²) in [5.41, 5.74) is 3.98. The highest BCUT2D eigenvalue weighted by Gasteiger charge is 2.10. The fourth-order valence-corrected chi connectivity index (χ4v) is 4.18. The summed E-state index contributed by atoms with van der Waals surface area (Å²) in [6.45, 7) is 11.7. The van der Waals surface area contributed by atoms with Gasteiger partial charge < -0.3 is 20.0 Å². The fourth-order valence-electron chi connectivity index (χ4n) is 3.86. The molecule has 3 aromatic rings. The van der Waals surface area contributed by atoms with Gasteiger partial charge in [-0.1, -0.05) is 23.2 Å². The van der Waals surface area contributed by atoms with Crippen LogP contribution in [0.2, 0.25) is 10.0 Å². The van der Waals surface area contributed by atoms with Crippen LogP contribution in [0.4, 0.5) is 22.7 Å². The first kappa shape index (κ1) is 27.4. The molecule has 0 radical (unpaired) electrons. The van der Waals surface area contributed by atoms with Gasteiger partial charge in [0.15, 0.2) is 0 Å². The van der Waals surface area contributed by atoms with Gasteiger partial charge in [-0.2, -0.15) is 0 Å².